The molecule has 2 nitrogen and oxygen atoms in total. The molecule has 20 heavy (non-hydrogen) atoms. The quantitative estimate of drug-likeness (QED) is 0.618. The van der Waals surface area contributed by atoms with Crippen molar-refractivity contribution in [1.29, 1.82) is 10.5 Å². The van der Waals surface area contributed by atoms with Gasteiger partial charge >= 0.3 is 0 Å². The van der Waals surface area contributed by atoms with Crippen molar-refractivity contribution in [1.82, 2.24) is 0 Å². The Morgan fingerprint density at radius 2 is 1.55 bits per heavy atom. The Bertz CT molecular complexity index is 970. The summed E-state index contributed by atoms with van der Waals surface area (Å²) in [7, 11) is 0. The predicted octanol–water partition coefficient (Wildman–Crippen LogP) is 3.18. The highest BCUT2D eigenvalue weighted by molar-refractivity contribution is 6.12. The molecule has 1 aliphatic carbocycles. The van der Waals surface area contributed by atoms with Crippen LogP contribution < -0.4 is 5.22 Å². The van der Waals surface area contributed by atoms with E-state index in [9.17, 15) is 10.5 Å². The van der Waals surface area contributed by atoms with E-state index in [4.69, 9.17) is 0 Å². The molecule has 0 unspecified atom stereocenters. The highest BCUT2D eigenvalue weighted by Crippen LogP contribution is 2.37. The molecular formula is C18H10N2. The summed E-state index contributed by atoms with van der Waals surface area (Å²) in [6.07, 6.45) is 2.47. The Morgan fingerprint density at radius 3 is 2.25 bits per heavy atom. The lowest BCUT2D eigenvalue weighted by molar-refractivity contribution is 0.733. The summed E-state index contributed by atoms with van der Waals surface area (Å²) in [6.45, 7) is 0. The largest absolute Gasteiger partial charge is 0.196 e. The molecule has 3 aromatic carbocycles. The van der Waals surface area contributed by atoms with E-state index in [1.165, 1.54) is 0 Å². The first-order chi connectivity index (χ1) is 9.79. The molecule has 0 radical (unpaired) electrons. The summed E-state index contributed by atoms with van der Waals surface area (Å²) < 4.78 is 0. The molecule has 0 saturated heterocycles. The molecule has 0 heterocycles. The van der Waals surface area contributed by atoms with Gasteiger partial charge in [-0.05, 0) is 32.3 Å². The van der Waals surface area contributed by atoms with Crippen LogP contribution in [0.3, 0.4) is 0 Å². The minimum absolute atomic E-state index is 0.459. The molecule has 0 atom stereocenters. The molecule has 0 saturated carbocycles. The third-order valence-corrected chi connectivity index (χ3v) is 4.28. The van der Waals surface area contributed by atoms with Crippen LogP contribution >= 0.6 is 0 Å². The summed E-state index contributed by atoms with van der Waals surface area (Å²) in [6, 6.07) is 18.8. The number of nitrogens with zero attached hydrogens (tertiary/aromatic N) is 2. The lowest BCUT2D eigenvalue weighted by atomic mass is 9.74. The van der Waals surface area contributed by atoms with E-state index in [0.717, 1.165) is 32.3 Å². The van der Waals surface area contributed by atoms with Gasteiger partial charge in [-0.25, -0.2) is 0 Å². The van der Waals surface area contributed by atoms with Gasteiger partial charge in [-0.2, -0.15) is 10.5 Å². The lowest BCUT2D eigenvalue weighted by Gasteiger charge is -2.24. The molecule has 0 N–H and O–H groups in total. The third-order valence-electron chi connectivity index (χ3n) is 4.28. The highest BCUT2D eigenvalue weighted by Gasteiger charge is 2.35. The summed E-state index contributed by atoms with van der Waals surface area (Å²) in [5, 5.41) is 24.7. The number of rotatable bonds is 0. The molecule has 0 spiro atoms. The van der Waals surface area contributed by atoms with Crippen LogP contribution in [0, 0.1) is 22.7 Å². The predicted molar refractivity (Wildman–Crippen MR) is 78.7 cm³/mol. The molecule has 4 rings (SSSR count). The topological polar surface area (TPSA) is 47.6 Å². The van der Waals surface area contributed by atoms with E-state index < -0.39 is 5.41 Å². The van der Waals surface area contributed by atoms with Gasteiger partial charge in [0.15, 0.2) is 5.41 Å². The molecule has 0 aliphatic heterocycles. The molecule has 3 aromatic rings. The van der Waals surface area contributed by atoms with Crippen LogP contribution in [0.2, 0.25) is 0 Å². The number of benzene rings is 3. The van der Waals surface area contributed by atoms with E-state index >= 15 is 0 Å². The van der Waals surface area contributed by atoms with E-state index in [1.807, 2.05) is 24.3 Å². The maximum atomic E-state index is 9.51. The van der Waals surface area contributed by atoms with Crippen LogP contribution in [0.5, 0.6) is 0 Å². The van der Waals surface area contributed by atoms with E-state index in [-0.39, 0.29) is 0 Å². The van der Waals surface area contributed by atoms with Gasteiger partial charge < -0.3 is 0 Å². The zero-order chi connectivity index (χ0) is 13.7. The zero-order valence-corrected chi connectivity index (χ0v) is 10.7. The van der Waals surface area contributed by atoms with Crippen LogP contribution in [-0.4, -0.2) is 0 Å². The van der Waals surface area contributed by atoms with Crippen molar-refractivity contribution in [3.63, 3.8) is 0 Å². The average Bonchev–Trinajstić information content (AvgIpc) is 2.52. The maximum absolute atomic E-state index is 9.51. The van der Waals surface area contributed by atoms with Crippen LogP contribution in [-0.2, 0) is 5.41 Å². The normalized spacial score (nSPS) is 15.5. The van der Waals surface area contributed by atoms with Gasteiger partial charge in [-0.15, -0.1) is 0 Å². The van der Waals surface area contributed by atoms with Crippen molar-refractivity contribution in [2.24, 2.45) is 0 Å². The minimum atomic E-state index is -1.05. The smallest absolute Gasteiger partial charge is 0.172 e. The van der Waals surface area contributed by atoms with E-state index in [2.05, 4.69) is 36.4 Å². The second kappa shape index (κ2) is 3.59. The number of hydrogen-bond donors (Lipinski definition) is 0. The van der Waals surface area contributed by atoms with Gasteiger partial charge in [0.1, 0.15) is 0 Å². The van der Waals surface area contributed by atoms with Crippen molar-refractivity contribution in [3.05, 3.63) is 53.2 Å². The fourth-order valence-electron chi connectivity index (χ4n) is 3.24. The molecule has 2 heteroatoms. The molecule has 92 valence electrons. The fraction of sp³-hybridized carbons (Fsp3) is 0.111. The molecular weight excluding hydrogens is 244 g/mol. The number of nitriles is 2. The Labute approximate surface area is 116 Å². The van der Waals surface area contributed by atoms with E-state index in [0.29, 0.717) is 6.42 Å². The molecule has 1 aliphatic rings. The van der Waals surface area contributed by atoms with Crippen molar-refractivity contribution in [2.75, 3.05) is 0 Å². The van der Waals surface area contributed by atoms with Crippen LogP contribution in [0.1, 0.15) is 12.0 Å². The SMILES string of the molecule is N#CC1(C#N)CC=c2ccc3cccc4ccc1c2c43. The first kappa shape index (κ1) is 11.0. The molecule has 0 fully saturated rings. The maximum Gasteiger partial charge on any atom is 0.172 e. The van der Waals surface area contributed by atoms with Gasteiger partial charge in [0.05, 0.1) is 12.1 Å². The summed E-state index contributed by atoms with van der Waals surface area (Å²) in [4.78, 5) is 0. The van der Waals surface area contributed by atoms with Crippen molar-refractivity contribution in [3.8, 4) is 12.1 Å². The zero-order valence-electron chi connectivity index (χ0n) is 10.7. The van der Waals surface area contributed by atoms with Crippen molar-refractivity contribution < 1.29 is 0 Å². The van der Waals surface area contributed by atoms with Gasteiger partial charge in [0, 0.05) is 6.42 Å². The summed E-state index contributed by atoms with van der Waals surface area (Å²) in [5.74, 6) is 0. The van der Waals surface area contributed by atoms with Gasteiger partial charge in [-0.1, -0.05) is 48.5 Å². The summed E-state index contributed by atoms with van der Waals surface area (Å²) >= 11 is 0. The standard InChI is InChI=1S/C18H10N2/c19-10-18(11-20)9-8-14-5-4-12-2-1-3-13-6-7-15(18)17(14)16(12)13/h1-8H,9H2. The fourth-order valence-corrected chi connectivity index (χ4v) is 3.24. The Morgan fingerprint density at radius 1 is 0.850 bits per heavy atom. The third kappa shape index (κ3) is 1.16. The van der Waals surface area contributed by atoms with Crippen LogP contribution in [0.25, 0.3) is 27.6 Å². The molecule has 0 amide bonds. The highest BCUT2D eigenvalue weighted by atomic mass is 14.4. The first-order valence-corrected chi connectivity index (χ1v) is 6.56. The summed E-state index contributed by atoms with van der Waals surface area (Å²) in [5.41, 5.74) is -0.199. The van der Waals surface area contributed by atoms with E-state index in [1.54, 1.807) is 0 Å². The Kier molecular flexibility index (Phi) is 1.98. The van der Waals surface area contributed by atoms with Crippen molar-refractivity contribution >= 4 is 27.6 Å². The Hall–Kier alpha value is -2.84. The Balaban J connectivity index is 2.33. The van der Waals surface area contributed by atoms with Crippen molar-refractivity contribution in [2.45, 2.75) is 11.8 Å². The number of hydrogen-bond acceptors (Lipinski definition) is 2. The second-order valence-electron chi connectivity index (χ2n) is 5.26. The van der Waals surface area contributed by atoms with Crippen LogP contribution in [0.4, 0.5) is 0 Å². The average molecular weight is 254 g/mol. The second-order valence-corrected chi connectivity index (χ2v) is 5.26. The van der Waals surface area contributed by atoms with Gasteiger partial charge in [0.2, 0.25) is 0 Å². The molecule has 0 bridgehead atoms. The lowest BCUT2D eigenvalue weighted by Crippen LogP contribution is -2.27. The van der Waals surface area contributed by atoms with Crippen LogP contribution in [0.15, 0.2) is 42.5 Å². The van der Waals surface area contributed by atoms with Gasteiger partial charge in [-0.3, -0.25) is 0 Å². The molecule has 0 aromatic heterocycles. The monoisotopic (exact) mass is 254 g/mol. The minimum Gasteiger partial charge on any atom is -0.196 e. The first-order valence-electron chi connectivity index (χ1n) is 6.56. The van der Waals surface area contributed by atoms with Gasteiger partial charge in [0.25, 0.3) is 0 Å².